The smallest absolute Gasteiger partial charge is 0.328 e. The molecule has 0 heterocycles. The lowest BCUT2D eigenvalue weighted by atomic mass is 10.3. The number of carbonyl (C=O) groups is 2. The quantitative estimate of drug-likeness (QED) is 0.583. The Kier molecular flexibility index (Phi) is 4.23. The summed E-state index contributed by atoms with van der Waals surface area (Å²) >= 11 is 4.13. The van der Waals surface area contributed by atoms with E-state index >= 15 is 0 Å². The summed E-state index contributed by atoms with van der Waals surface area (Å²) in [6.07, 6.45) is 1.68. The highest BCUT2D eigenvalue weighted by molar-refractivity contribution is 7.47. The van der Waals surface area contributed by atoms with E-state index in [2.05, 4.69) is 16.8 Å². The maximum atomic E-state index is 10.4. The van der Waals surface area contributed by atoms with Crippen LogP contribution in [-0.2, 0) is 22.0 Å². The minimum Gasteiger partial charge on any atom is -0.478 e. The molecule has 5 heteroatoms. The van der Waals surface area contributed by atoms with Crippen LogP contribution in [0.15, 0.2) is 16.5 Å². The second-order valence-corrected chi connectivity index (χ2v) is 1.68. The van der Waals surface area contributed by atoms with Crippen molar-refractivity contribution < 1.29 is 14.7 Å². The molecule has 0 aromatic heterocycles. The first-order valence-electron chi connectivity index (χ1n) is 2.39. The van der Waals surface area contributed by atoms with Gasteiger partial charge in [-0.2, -0.15) is 0 Å². The van der Waals surface area contributed by atoms with Gasteiger partial charge in [-0.15, -0.1) is 0 Å². The zero-order valence-corrected chi connectivity index (χ0v) is 5.80. The van der Waals surface area contributed by atoms with Gasteiger partial charge in [0.2, 0.25) is 0 Å². The van der Waals surface area contributed by atoms with Gasteiger partial charge >= 0.3 is 5.97 Å². The van der Waals surface area contributed by atoms with Gasteiger partial charge in [0.1, 0.15) is 6.54 Å². The fourth-order valence-electron chi connectivity index (χ4n) is 0.281. The van der Waals surface area contributed by atoms with E-state index in [0.29, 0.717) is 0 Å². The van der Waals surface area contributed by atoms with Crippen LogP contribution in [0, 0.1) is 0 Å². The summed E-state index contributed by atoms with van der Waals surface area (Å²) < 4.78 is 3.10. The van der Waals surface area contributed by atoms with Gasteiger partial charge in [0.25, 0.3) is 0 Å². The number of carboxylic acid groups (broad SMARTS) is 1. The molecule has 0 radical (unpaired) electrons. The van der Waals surface area contributed by atoms with Crippen LogP contribution < -0.4 is 0 Å². The van der Waals surface area contributed by atoms with Crippen molar-refractivity contribution in [1.82, 2.24) is 0 Å². The van der Waals surface area contributed by atoms with Crippen LogP contribution in [0.2, 0.25) is 0 Å². The van der Waals surface area contributed by atoms with Crippen LogP contribution >= 0.6 is 0 Å². The molecule has 0 fully saturated rings. The van der Waals surface area contributed by atoms with Gasteiger partial charge in [-0.25, -0.2) is 9.16 Å². The number of nitrogens with zero attached hydrogens (tertiary/aromatic N) is 1. The van der Waals surface area contributed by atoms with Gasteiger partial charge in [-0.05, 0) is 6.08 Å². The van der Waals surface area contributed by atoms with Crippen LogP contribution in [0.4, 0.5) is 0 Å². The first-order valence-corrected chi connectivity index (χ1v) is 2.76. The molecular weight excluding hydrogens is 154 g/mol. The number of carbonyl (C=O) groups excluding carboxylic acids is 1. The fraction of sp³-hybridized carbons (Fsp3) is 0.200. The van der Waals surface area contributed by atoms with Gasteiger partial charge in [0.05, 0.1) is 0 Å². The lowest BCUT2D eigenvalue weighted by molar-refractivity contribution is -0.131. The van der Waals surface area contributed by atoms with Crippen molar-refractivity contribution in [2.75, 3.05) is 6.54 Å². The van der Waals surface area contributed by atoms with Crippen molar-refractivity contribution in [3.63, 3.8) is 0 Å². The van der Waals surface area contributed by atoms with Crippen molar-refractivity contribution in [2.24, 2.45) is 4.36 Å². The molecule has 0 saturated carbocycles. The second-order valence-electron chi connectivity index (χ2n) is 1.43. The zero-order valence-electron chi connectivity index (χ0n) is 4.98. The number of ketones is 1. The standard InChI is InChI=1S/C5H5NO3S/c7-4(3-6-10)1-2-5(8)9/h1-2H,3H2,(H,8,9)/b2-1-. The first-order chi connectivity index (χ1) is 4.66. The predicted molar refractivity (Wildman–Crippen MR) is 36.4 cm³/mol. The van der Waals surface area contributed by atoms with Gasteiger partial charge in [0, 0.05) is 18.5 Å². The summed E-state index contributed by atoms with van der Waals surface area (Å²) in [6, 6.07) is 0. The van der Waals surface area contributed by atoms with E-state index in [1.165, 1.54) is 0 Å². The molecule has 0 saturated heterocycles. The molecule has 0 bridgehead atoms. The molecule has 0 aliphatic carbocycles. The lowest BCUT2D eigenvalue weighted by Crippen LogP contribution is -1.98. The summed E-state index contributed by atoms with van der Waals surface area (Å²) in [7, 11) is 0. The fourth-order valence-corrected chi connectivity index (χ4v) is 0.408. The number of hydrogen-bond donors (Lipinski definition) is 1. The second kappa shape index (κ2) is 4.75. The first kappa shape index (κ1) is 8.90. The average molecular weight is 159 g/mol. The minimum atomic E-state index is -1.15. The number of rotatable bonds is 4. The molecule has 0 aliphatic rings. The van der Waals surface area contributed by atoms with Crippen molar-refractivity contribution in [2.45, 2.75) is 0 Å². The Labute approximate surface area is 62.7 Å². The summed E-state index contributed by atoms with van der Waals surface area (Å²) in [6.45, 7) is -0.140. The Morgan fingerprint density at radius 2 is 2.10 bits per heavy atom. The zero-order chi connectivity index (χ0) is 7.98. The van der Waals surface area contributed by atoms with E-state index in [9.17, 15) is 9.59 Å². The Hall–Kier alpha value is -1.10. The Balaban J connectivity index is 3.77. The van der Waals surface area contributed by atoms with Crippen LogP contribution in [0.3, 0.4) is 0 Å². The van der Waals surface area contributed by atoms with E-state index in [4.69, 9.17) is 5.11 Å². The van der Waals surface area contributed by atoms with Crippen molar-refractivity contribution in [1.29, 1.82) is 0 Å². The highest BCUT2D eigenvalue weighted by atomic mass is 32.1. The molecule has 0 atom stereocenters. The Bertz CT molecular complexity index is 187. The van der Waals surface area contributed by atoms with Gasteiger partial charge in [-0.3, -0.25) is 4.79 Å². The van der Waals surface area contributed by atoms with Crippen LogP contribution in [0.1, 0.15) is 0 Å². The number of aliphatic carboxylic acids is 1. The Morgan fingerprint density at radius 1 is 1.50 bits per heavy atom. The summed E-state index contributed by atoms with van der Waals surface area (Å²) in [4.78, 5) is 20.2. The third kappa shape index (κ3) is 5.04. The van der Waals surface area contributed by atoms with Gasteiger partial charge in [0.15, 0.2) is 5.78 Å². The molecule has 0 aromatic carbocycles. The summed E-state index contributed by atoms with van der Waals surface area (Å²) in [5.74, 6) is -1.56. The summed E-state index contributed by atoms with van der Waals surface area (Å²) in [5.41, 5.74) is 0. The molecule has 4 nitrogen and oxygen atoms in total. The molecule has 0 aliphatic heterocycles. The molecular formula is C5H5NO3S. The average Bonchev–Trinajstić information content (AvgIpc) is 1.85. The maximum Gasteiger partial charge on any atom is 0.328 e. The molecule has 0 unspecified atom stereocenters. The Morgan fingerprint density at radius 3 is 2.50 bits per heavy atom. The lowest BCUT2D eigenvalue weighted by Gasteiger charge is -1.81. The third-order valence-corrected chi connectivity index (χ3v) is 0.761. The third-order valence-electron chi connectivity index (χ3n) is 0.632. The van der Waals surface area contributed by atoms with Crippen molar-refractivity contribution in [3.05, 3.63) is 12.2 Å². The molecule has 0 spiro atoms. The van der Waals surface area contributed by atoms with Crippen LogP contribution in [-0.4, -0.2) is 23.4 Å². The predicted octanol–water partition coefficient (Wildman–Crippen LogP) is -0.0732. The molecule has 0 aromatic rings. The van der Waals surface area contributed by atoms with Crippen LogP contribution in [0.25, 0.3) is 0 Å². The summed E-state index contributed by atoms with van der Waals surface area (Å²) in [5, 5.41) is 8.03. The monoisotopic (exact) mass is 159 g/mol. The van der Waals surface area contributed by atoms with Crippen molar-refractivity contribution in [3.8, 4) is 0 Å². The molecule has 10 heavy (non-hydrogen) atoms. The molecule has 54 valence electrons. The molecule has 1 N–H and O–H groups in total. The van der Waals surface area contributed by atoms with E-state index in [1.807, 2.05) is 0 Å². The van der Waals surface area contributed by atoms with E-state index < -0.39 is 11.8 Å². The van der Waals surface area contributed by atoms with Gasteiger partial charge in [-0.1, -0.05) is 0 Å². The normalized spacial score (nSPS) is 9.60. The maximum absolute atomic E-state index is 10.4. The van der Waals surface area contributed by atoms with Crippen molar-refractivity contribution >= 4 is 24.2 Å². The van der Waals surface area contributed by atoms with Gasteiger partial charge < -0.3 is 5.11 Å². The highest BCUT2D eigenvalue weighted by Crippen LogP contribution is 1.78. The largest absolute Gasteiger partial charge is 0.478 e. The molecule has 0 amide bonds. The number of hydrogen-bond acceptors (Lipinski definition) is 4. The molecule has 0 rings (SSSR count). The SMILES string of the molecule is O=C(O)/C=C\C(=O)CN=S. The highest BCUT2D eigenvalue weighted by Gasteiger charge is 1.93. The minimum absolute atomic E-state index is 0.140. The van der Waals surface area contributed by atoms with E-state index in [-0.39, 0.29) is 6.54 Å². The van der Waals surface area contributed by atoms with Crippen LogP contribution in [0.5, 0.6) is 0 Å². The van der Waals surface area contributed by atoms with E-state index in [0.717, 1.165) is 12.2 Å². The number of carboxylic acids is 1. The van der Waals surface area contributed by atoms with E-state index in [1.54, 1.807) is 0 Å². The topological polar surface area (TPSA) is 66.7 Å².